The van der Waals surface area contributed by atoms with Crippen LogP contribution in [-0.4, -0.2) is 65.8 Å². The molecule has 0 spiro atoms. The van der Waals surface area contributed by atoms with Gasteiger partial charge in [-0.05, 0) is 49.4 Å². The van der Waals surface area contributed by atoms with E-state index in [2.05, 4.69) is 14.5 Å². The fraction of sp³-hybridized carbons (Fsp3) is 0.429. The first-order valence-corrected chi connectivity index (χ1v) is 11.6. The fourth-order valence-electron chi connectivity index (χ4n) is 3.66. The summed E-state index contributed by atoms with van der Waals surface area (Å²) in [6.45, 7) is 5.60. The van der Waals surface area contributed by atoms with Gasteiger partial charge in [-0.3, -0.25) is 4.90 Å². The maximum absolute atomic E-state index is 13.1. The molecule has 0 amide bonds. The van der Waals surface area contributed by atoms with Crippen LogP contribution in [0.5, 0.6) is 11.5 Å². The number of halogens is 1. The summed E-state index contributed by atoms with van der Waals surface area (Å²) in [7, 11) is -3.59. The normalized spacial score (nSPS) is 17.2. The van der Waals surface area contributed by atoms with Crippen molar-refractivity contribution in [2.75, 3.05) is 57.4 Å². The molecule has 9 heteroatoms. The van der Waals surface area contributed by atoms with E-state index in [-0.39, 0.29) is 10.7 Å². The van der Waals surface area contributed by atoms with Gasteiger partial charge in [0.2, 0.25) is 10.0 Å². The zero-order valence-corrected chi connectivity index (χ0v) is 17.5. The second-order valence-corrected chi connectivity index (χ2v) is 9.13. The molecule has 1 saturated heterocycles. The molecule has 2 aromatic rings. The second kappa shape index (κ2) is 9.20. The molecule has 4 rings (SSSR count). The van der Waals surface area contributed by atoms with Gasteiger partial charge >= 0.3 is 0 Å². The topological polar surface area (TPSA) is 71.1 Å². The smallest absolute Gasteiger partial charge is 0.240 e. The zero-order chi connectivity index (χ0) is 21.0. The molecule has 2 heterocycles. The quantitative estimate of drug-likeness (QED) is 0.672. The molecule has 0 saturated carbocycles. The van der Waals surface area contributed by atoms with Gasteiger partial charge in [0.25, 0.3) is 0 Å². The average Bonchev–Trinajstić information content (AvgIpc) is 2.77. The minimum atomic E-state index is -3.59. The molecule has 0 atom stereocenters. The van der Waals surface area contributed by atoms with Crippen LogP contribution in [0.25, 0.3) is 0 Å². The largest absolute Gasteiger partial charge is 0.486 e. The molecule has 30 heavy (non-hydrogen) atoms. The van der Waals surface area contributed by atoms with E-state index in [1.54, 1.807) is 18.2 Å². The Labute approximate surface area is 176 Å². The van der Waals surface area contributed by atoms with Crippen LogP contribution in [0, 0.1) is 5.82 Å². The summed E-state index contributed by atoms with van der Waals surface area (Å²) in [5, 5.41) is 0. The van der Waals surface area contributed by atoms with Crippen molar-refractivity contribution < 1.29 is 22.3 Å². The summed E-state index contributed by atoms with van der Waals surface area (Å²) in [4.78, 5) is 4.73. The van der Waals surface area contributed by atoms with Crippen molar-refractivity contribution in [1.82, 2.24) is 9.62 Å². The third-order valence-electron chi connectivity index (χ3n) is 5.33. The Hall–Kier alpha value is -2.36. The van der Waals surface area contributed by atoms with Gasteiger partial charge in [-0.1, -0.05) is 0 Å². The van der Waals surface area contributed by atoms with Crippen LogP contribution in [0.2, 0.25) is 0 Å². The number of hydrogen-bond acceptors (Lipinski definition) is 6. The first-order valence-electron chi connectivity index (χ1n) is 10.1. The molecule has 0 aliphatic carbocycles. The Kier molecular flexibility index (Phi) is 6.40. The summed E-state index contributed by atoms with van der Waals surface area (Å²) in [6.07, 6.45) is 0.723. The van der Waals surface area contributed by atoms with Crippen LogP contribution in [0.3, 0.4) is 0 Å². The van der Waals surface area contributed by atoms with Gasteiger partial charge in [-0.25, -0.2) is 17.5 Å². The monoisotopic (exact) mass is 435 g/mol. The highest BCUT2D eigenvalue weighted by molar-refractivity contribution is 7.89. The standard InChI is InChI=1S/C21H26FN3O4S/c22-17-2-4-18(5-3-17)25-12-10-24(11-13-25)9-1-8-23-30(26,27)19-6-7-20-21(16-19)29-15-14-28-20/h2-7,16,23H,1,8-15H2. The van der Waals surface area contributed by atoms with E-state index in [9.17, 15) is 12.8 Å². The number of fused-ring (bicyclic) bond motifs is 1. The maximum atomic E-state index is 13.1. The predicted octanol–water partition coefficient (Wildman–Crippen LogP) is 2.09. The van der Waals surface area contributed by atoms with E-state index in [4.69, 9.17) is 9.47 Å². The average molecular weight is 436 g/mol. The number of anilines is 1. The molecular weight excluding hydrogens is 409 g/mol. The Morgan fingerprint density at radius 2 is 1.63 bits per heavy atom. The number of hydrogen-bond donors (Lipinski definition) is 1. The molecule has 2 aliphatic rings. The van der Waals surface area contributed by atoms with Gasteiger partial charge in [0, 0.05) is 44.5 Å². The minimum Gasteiger partial charge on any atom is -0.486 e. The van der Waals surface area contributed by atoms with Crippen LogP contribution in [0.4, 0.5) is 10.1 Å². The van der Waals surface area contributed by atoms with Gasteiger partial charge in [0.15, 0.2) is 11.5 Å². The van der Waals surface area contributed by atoms with Crippen molar-refractivity contribution in [3.8, 4) is 11.5 Å². The predicted molar refractivity (Wildman–Crippen MR) is 112 cm³/mol. The number of sulfonamides is 1. The van der Waals surface area contributed by atoms with E-state index in [1.165, 1.54) is 24.3 Å². The molecule has 1 fully saturated rings. The number of nitrogens with zero attached hydrogens (tertiary/aromatic N) is 2. The molecule has 0 radical (unpaired) electrons. The molecule has 1 N–H and O–H groups in total. The lowest BCUT2D eigenvalue weighted by Crippen LogP contribution is -2.47. The lowest BCUT2D eigenvalue weighted by Gasteiger charge is -2.36. The molecule has 7 nitrogen and oxygen atoms in total. The van der Waals surface area contributed by atoms with Crippen molar-refractivity contribution in [3.63, 3.8) is 0 Å². The third kappa shape index (κ3) is 5.03. The number of ether oxygens (including phenoxy) is 2. The molecule has 0 unspecified atom stereocenters. The van der Waals surface area contributed by atoms with Crippen LogP contribution < -0.4 is 19.1 Å². The molecule has 2 aromatic carbocycles. The first-order chi connectivity index (χ1) is 14.5. The first kappa shape index (κ1) is 20.9. The van der Waals surface area contributed by atoms with E-state index in [0.29, 0.717) is 31.3 Å². The van der Waals surface area contributed by atoms with Crippen LogP contribution in [0.1, 0.15) is 6.42 Å². The highest BCUT2D eigenvalue weighted by atomic mass is 32.2. The molecule has 2 aliphatic heterocycles. The molecule has 0 aromatic heterocycles. The number of benzene rings is 2. The summed E-state index contributed by atoms with van der Waals surface area (Å²) in [5.41, 5.74) is 1.03. The number of piperazine rings is 1. The van der Waals surface area contributed by atoms with Gasteiger partial charge < -0.3 is 14.4 Å². The lowest BCUT2D eigenvalue weighted by molar-refractivity contribution is 0.171. The van der Waals surface area contributed by atoms with Crippen molar-refractivity contribution in [1.29, 1.82) is 0 Å². The van der Waals surface area contributed by atoms with Crippen molar-refractivity contribution in [3.05, 3.63) is 48.3 Å². The van der Waals surface area contributed by atoms with Crippen molar-refractivity contribution >= 4 is 15.7 Å². The lowest BCUT2D eigenvalue weighted by atomic mass is 10.2. The van der Waals surface area contributed by atoms with Crippen molar-refractivity contribution in [2.45, 2.75) is 11.3 Å². The molecule has 162 valence electrons. The number of rotatable bonds is 7. The highest BCUT2D eigenvalue weighted by Gasteiger charge is 2.20. The van der Waals surface area contributed by atoms with E-state index >= 15 is 0 Å². The van der Waals surface area contributed by atoms with E-state index in [0.717, 1.165) is 44.8 Å². The Balaban J connectivity index is 1.21. The maximum Gasteiger partial charge on any atom is 0.240 e. The second-order valence-electron chi connectivity index (χ2n) is 7.36. The van der Waals surface area contributed by atoms with E-state index in [1.807, 2.05) is 0 Å². The van der Waals surface area contributed by atoms with E-state index < -0.39 is 10.0 Å². The minimum absolute atomic E-state index is 0.180. The van der Waals surface area contributed by atoms with Crippen LogP contribution in [-0.2, 0) is 10.0 Å². The van der Waals surface area contributed by atoms with Crippen LogP contribution >= 0.6 is 0 Å². The molecule has 0 bridgehead atoms. The molecular formula is C21H26FN3O4S. The Morgan fingerprint density at radius 1 is 0.933 bits per heavy atom. The van der Waals surface area contributed by atoms with Crippen LogP contribution in [0.15, 0.2) is 47.4 Å². The Bertz CT molecular complexity index is 961. The highest BCUT2D eigenvalue weighted by Crippen LogP contribution is 2.32. The SMILES string of the molecule is O=S(=O)(NCCCN1CCN(c2ccc(F)cc2)CC1)c1ccc2c(c1)OCCO2. The van der Waals surface area contributed by atoms with Gasteiger partial charge in [-0.2, -0.15) is 0 Å². The summed E-state index contributed by atoms with van der Waals surface area (Å²) in [5.74, 6) is 0.805. The number of nitrogens with one attached hydrogen (secondary N) is 1. The van der Waals surface area contributed by atoms with Gasteiger partial charge in [0.1, 0.15) is 19.0 Å². The van der Waals surface area contributed by atoms with Crippen molar-refractivity contribution in [2.24, 2.45) is 0 Å². The summed E-state index contributed by atoms with van der Waals surface area (Å²) in [6, 6.07) is 11.2. The third-order valence-corrected chi connectivity index (χ3v) is 6.79. The van der Waals surface area contributed by atoms with Gasteiger partial charge in [-0.15, -0.1) is 0 Å². The summed E-state index contributed by atoms with van der Waals surface area (Å²) < 4.78 is 51.7. The Morgan fingerprint density at radius 3 is 2.37 bits per heavy atom. The zero-order valence-electron chi connectivity index (χ0n) is 16.7. The van der Waals surface area contributed by atoms with Gasteiger partial charge in [0.05, 0.1) is 4.90 Å². The fourth-order valence-corrected chi connectivity index (χ4v) is 4.75. The summed E-state index contributed by atoms with van der Waals surface area (Å²) >= 11 is 0.